The lowest BCUT2D eigenvalue weighted by Gasteiger charge is -2.05. The average molecular weight is 283 g/mol. The van der Waals surface area contributed by atoms with Gasteiger partial charge in [0.1, 0.15) is 0 Å². The maximum absolute atomic E-state index is 11.4. The van der Waals surface area contributed by atoms with Crippen molar-refractivity contribution in [3.8, 4) is 0 Å². The van der Waals surface area contributed by atoms with Gasteiger partial charge in [-0.2, -0.15) is 0 Å². The summed E-state index contributed by atoms with van der Waals surface area (Å²) in [5.41, 5.74) is -1.13. The first-order chi connectivity index (χ1) is 8.97. The molecule has 2 rings (SSSR count). The quantitative estimate of drug-likeness (QED) is 0.651. The van der Waals surface area contributed by atoms with Gasteiger partial charge in [0.15, 0.2) is 0 Å². The van der Waals surface area contributed by atoms with Gasteiger partial charge in [-0.25, -0.2) is 14.7 Å². The van der Waals surface area contributed by atoms with E-state index in [-0.39, 0.29) is 16.4 Å². The molecule has 0 aliphatic carbocycles. The number of carboxylic acids is 1. The van der Waals surface area contributed by atoms with Crippen LogP contribution in [0.5, 0.6) is 0 Å². The van der Waals surface area contributed by atoms with Crippen LogP contribution in [-0.2, 0) is 0 Å². The summed E-state index contributed by atoms with van der Waals surface area (Å²) >= 11 is 5.77. The van der Waals surface area contributed by atoms with Crippen LogP contribution in [0, 0.1) is 0 Å². The summed E-state index contributed by atoms with van der Waals surface area (Å²) in [6.07, 6.45) is 0. The van der Waals surface area contributed by atoms with Gasteiger partial charge < -0.3 is 10.4 Å². The molecule has 0 fully saturated rings. The molecule has 0 atom stereocenters. The number of rotatable bonds is 3. The molecule has 0 saturated carbocycles. The van der Waals surface area contributed by atoms with Crippen LogP contribution in [0.3, 0.4) is 0 Å². The SMILES string of the molecule is O=C(O)c1ccc(Nc2n[nH]c(=O)[nH]c2=O)cc1Cl. The van der Waals surface area contributed by atoms with E-state index >= 15 is 0 Å². The van der Waals surface area contributed by atoms with Crippen LogP contribution in [0.1, 0.15) is 10.4 Å². The molecule has 8 nitrogen and oxygen atoms in total. The van der Waals surface area contributed by atoms with Crippen molar-refractivity contribution in [1.82, 2.24) is 15.2 Å². The molecule has 0 bridgehead atoms. The highest BCUT2D eigenvalue weighted by Gasteiger charge is 2.10. The van der Waals surface area contributed by atoms with Crippen LogP contribution in [0.15, 0.2) is 27.8 Å². The van der Waals surface area contributed by atoms with E-state index in [1.165, 1.54) is 18.2 Å². The molecule has 0 unspecified atom stereocenters. The number of hydrogen-bond donors (Lipinski definition) is 4. The second-order valence-corrected chi connectivity index (χ2v) is 3.89. The number of nitrogens with zero attached hydrogens (tertiary/aromatic N) is 1. The van der Waals surface area contributed by atoms with E-state index in [0.29, 0.717) is 5.69 Å². The van der Waals surface area contributed by atoms with E-state index < -0.39 is 17.2 Å². The van der Waals surface area contributed by atoms with Crippen molar-refractivity contribution in [2.24, 2.45) is 0 Å². The zero-order valence-corrected chi connectivity index (χ0v) is 9.99. The van der Waals surface area contributed by atoms with Crippen molar-refractivity contribution < 1.29 is 9.90 Å². The van der Waals surface area contributed by atoms with Gasteiger partial charge in [0.25, 0.3) is 5.56 Å². The van der Waals surface area contributed by atoms with Crippen molar-refractivity contribution in [1.29, 1.82) is 0 Å². The van der Waals surface area contributed by atoms with Gasteiger partial charge in [0.05, 0.1) is 10.6 Å². The summed E-state index contributed by atoms with van der Waals surface area (Å²) in [4.78, 5) is 34.9. The van der Waals surface area contributed by atoms with Gasteiger partial charge in [0.2, 0.25) is 5.82 Å². The van der Waals surface area contributed by atoms with E-state index in [2.05, 4.69) is 15.5 Å². The number of anilines is 2. The number of hydrogen-bond acceptors (Lipinski definition) is 5. The Bertz CT molecular complexity index is 752. The topological polar surface area (TPSA) is 128 Å². The minimum atomic E-state index is -1.16. The Morgan fingerprint density at radius 3 is 2.68 bits per heavy atom. The van der Waals surface area contributed by atoms with Crippen molar-refractivity contribution in [3.05, 3.63) is 49.6 Å². The third kappa shape index (κ3) is 2.80. The van der Waals surface area contributed by atoms with Gasteiger partial charge in [-0.05, 0) is 18.2 Å². The number of aromatic carboxylic acids is 1. The molecule has 98 valence electrons. The maximum Gasteiger partial charge on any atom is 0.342 e. The minimum absolute atomic E-state index is 0.0124. The van der Waals surface area contributed by atoms with Crippen molar-refractivity contribution >= 4 is 29.1 Å². The monoisotopic (exact) mass is 282 g/mol. The first kappa shape index (κ1) is 12.8. The van der Waals surface area contributed by atoms with Crippen LogP contribution in [-0.4, -0.2) is 26.3 Å². The highest BCUT2D eigenvalue weighted by molar-refractivity contribution is 6.33. The van der Waals surface area contributed by atoms with Crippen LogP contribution in [0.4, 0.5) is 11.5 Å². The molecule has 19 heavy (non-hydrogen) atoms. The third-order valence-corrected chi connectivity index (χ3v) is 2.49. The van der Waals surface area contributed by atoms with E-state index in [0.717, 1.165) is 0 Å². The number of carbonyl (C=O) groups is 1. The van der Waals surface area contributed by atoms with Crippen LogP contribution < -0.4 is 16.6 Å². The Kier molecular flexibility index (Phi) is 3.34. The molecule has 2 aromatic rings. The third-order valence-electron chi connectivity index (χ3n) is 2.17. The number of benzene rings is 1. The number of halogens is 1. The molecule has 0 saturated heterocycles. The normalized spacial score (nSPS) is 10.2. The fourth-order valence-electron chi connectivity index (χ4n) is 1.34. The lowest BCUT2D eigenvalue weighted by atomic mass is 10.2. The van der Waals surface area contributed by atoms with Gasteiger partial charge >= 0.3 is 11.7 Å². The zero-order valence-electron chi connectivity index (χ0n) is 9.23. The maximum atomic E-state index is 11.4. The van der Waals surface area contributed by atoms with Gasteiger partial charge in [-0.3, -0.25) is 9.78 Å². The molecule has 1 aromatic heterocycles. The summed E-state index contributed by atoms with van der Waals surface area (Å²) < 4.78 is 0. The van der Waals surface area contributed by atoms with E-state index in [1.54, 1.807) is 0 Å². The lowest BCUT2D eigenvalue weighted by Crippen LogP contribution is -2.25. The zero-order chi connectivity index (χ0) is 14.0. The summed E-state index contributed by atoms with van der Waals surface area (Å²) in [6, 6.07) is 4.03. The van der Waals surface area contributed by atoms with Crippen molar-refractivity contribution in [2.75, 3.05) is 5.32 Å². The second kappa shape index (κ2) is 4.94. The largest absolute Gasteiger partial charge is 0.478 e. The standard InChI is InChI=1S/C10H7ClN4O4/c11-6-3-4(1-2-5(6)9(17)18)12-7-8(16)13-10(19)15-14-7/h1-3H,(H,12,14)(H,17,18)(H2,13,15,16,19). The predicted molar refractivity (Wildman–Crippen MR) is 67.2 cm³/mol. The van der Waals surface area contributed by atoms with Crippen molar-refractivity contribution in [2.45, 2.75) is 0 Å². The van der Waals surface area contributed by atoms with Crippen LogP contribution >= 0.6 is 11.6 Å². The predicted octanol–water partition coefficient (Wildman–Crippen LogP) is 0.553. The Morgan fingerprint density at radius 2 is 2.11 bits per heavy atom. The number of aromatic nitrogens is 3. The summed E-state index contributed by atoms with van der Waals surface area (Å²) in [5.74, 6) is -1.30. The number of H-pyrrole nitrogens is 2. The highest BCUT2D eigenvalue weighted by Crippen LogP contribution is 2.22. The molecule has 0 aliphatic rings. The first-order valence-corrected chi connectivity index (χ1v) is 5.34. The van der Waals surface area contributed by atoms with Gasteiger partial charge in [-0.1, -0.05) is 11.6 Å². The number of aromatic amines is 2. The minimum Gasteiger partial charge on any atom is -0.478 e. The molecule has 0 radical (unpaired) electrons. The average Bonchev–Trinajstić information content (AvgIpc) is 2.32. The lowest BCUT2D eigenvalue weighted by molar-refractivity contribution is 0.0697. The van der Waals surface area contributed by atoms with E-state index in [9.17, 15) is 14.4 Å². The smallest absolute Gasteiger partial charge is 0.342 e. The van der Waals surface area contributed by atoms with Crippen LogP contribution in [0.2, 0.25) is 5.02 Å². The molecule has 0 spiro atoms. The van der Waals surface area contributed by atoms with Gasteiger partial charge in [-0.15, -0.1) is 5.10 Å². The van der Waals surface area contributed by atoms with Crippen LogP contribution in [0.25, 0.3) is 0 Å². The molecular formula is C10H7ClN4O4. The van der Waals surface area contributed by atoms with E-state index in [1.807, 2.05) is 4.98 Å². The summed E-state index contributed by atoms with van der Waals surface area (Å²) in [7, 11) is 0. The molecule has 9 heteroatoms. The van der Waals surface area contributed by atoms with Gasteiger partial charge in [0, 0.05) is 5.69 Å². The summed E-state index contributed by atoms with van der Waals surface area (Å²) in [5, 5.41) is 17.0. The Labute approximate surface area is 110 Å². The second-order valence-electron chi connectivity index (χ2n) is 3.48. The number of carboxylic acid groups (broad SMARTS) is 1. The molecule has 0 amide bonds. The Hall–Kier alpha value is -2.61. The first-order valence-electron chi connectivity index (χ1n) is 4.96. The fourth-order valence-corrected chi connectivity index (χ4v) is 1.60. The number of nitrogens with one attached hydrogen (secondary N) is 3. The van der Waals surface area contributed by atoms with Crippen molar-refractivity contribution in [3.63, 3.8) is 0 Å². The molecule has 1 heterocycles. The van der Waals surface area contributed by atoms with E-state index in [4.69, 9.17) is 16.7 Å². The molecule has 0 aliphatic heterocycles. The fraction of sp³-hybridized carbons (Fsp3) is 0. The molecular weight excluding hydrogens is 276 g/mol. The Morgan fingerprint density at radius 1 is 1.37 bits per heavy atom. The molecule has 4 N–H and O–H groups in total. The Balaban J connectivity index is 2.34. The highest BCUT2D eigenvalue weighted by atomic mass is 35.5. The summed E-state index contributed by atoms with van der Waals surface area (Å²) in [6.45, 7) is 0. The molecule has 1 aromatic carbocycles.